The van der Waals surface area contributed by atoms with Gasteiger partial charge in [-0.2, -0.15) is 0 Å². The average Bonchev–Trinajstić information content (AvgIpc) is 3.01. The highest BCUT2D eigenvalue weighted by Gasteiger charge is 2.24. The molecule has 0 atom stereocenters. The van der Waals surface area contributed by atoms with Crippen molar-refractivity contribution >= 4 is 16.9 Å². The van der Waals surface area contributed by atoms with Crippen LogP contribution in [0, 0.1) is 0 Å². The minimum atomic E-state index is -1.21. The maximum Gasteiger partial charge on any atom is 0.342 e. The number of nitrogens with one attached hydrogen (secondary N) is 2. The molecule has 0 bridgehead atoms. The van der Waals surface area contributed by atoms with Gasteiger partial charge in [0.05, 0.1) is 0 Å². The van der Waals surface area contributed by atoms with E-state index in [1.165, 1.54) is 0 Å². The molecule has 0 saturated carbocycles. The third-order valence-corrected chi connectivity index (χ3v) is 4.30. The van der Waals surface area contributed by atoms with Crippen LogP contribution in [0.5, 0.6) is 0 Å². The summed E-state index contributed by atoms with van der Waals surface area (Å²) in [7, 11) is 0. The van der Waals surface area contributed by atoms with Gasteiger partial charge < -0.3 is 15.4 Å². The summed E-state index contributed by atoms with van der Waals surface area (Å²) >= 11 is 0. The molecule has 23 heavy (non-hydrogen) atoms. The number of carbonyl (C=O) groups is 1. The van der Waals surface area contributed by atoms with Crippen LogP contribution in [0.4, 0.5) is 0 Å². The van der Waals surface area contributed by atoms with Crippen molar-refractivity contribution in [3.05, 3.63) is 69.5 Å². The van der Waals surface area contributed by atoms with E-state index in [0.29, 0.717) is 17.6 Å². The first-order valence-electron chi connectivity index (χ1n) is 7.37. The fourth-order valence-electron chi connectivity index (χ4n) is 3.29. The molecule has 4 rings (SSSR count). The summed E-state index contributed by atoms with van der Waals surface area (Å²) in [6.45, 7) is 1.43. The van der Waals surface area contributed by atoms with Crippen LogP contribution in [0.2, 0.25) is 0 Å². The molecule has 2 heterocycles. The maximum atomic E-state index is 12.3. The Morgan fingerprint density at radius 1 is 1.04 bits per heavy atom. The van der Waals surface area contributed by atoms with Crippen LogP contribution in [-0.2, 0) is 13.1 Å². The summed E-state index contributed by atoms with van der Waals surface area (Å²) in [5.74, 6) is -1.21. The molecule has 5 heteroatoms. The topological polar surface area (TPSA) is 82.2 Å². The normalized spacial score (nSPS) is 13.2. The molecule has 0 radical (unpaired) electrons. The number of H-pyrrole nitrogens is 1. The molecule has 3 aromatic rings. The second kappa shape index (κ2) is 5.07. The van der Waals surface area contributed by atoms with E-state index in [2.05, 4.69) is 10.3 Å². The first-order chi connectivity index (χ1) is 11.2. The van der Waals surface area contributed by atoms with Gasteiger partial charge in [0.15, 0.2) is 0 Å². The van der Waals surface area contributed by atoms with Crippen molar-refractivity contribution in [3.8, 4) is 11.1 Å². The zero-order valence-corrected chi connectivity index (χ0v) is 12.2. The number of fused-ring (bicyclic) bond motifs is 2. The van der Waals surface area contributed by atoms with Crippen molar-refractivity contribution in [2.45, 2.75) is 13.1 Å². The van der Waals surface area contributed by atoms with E-state index in [4.69, 9.17) is 0 Å². The molecule has 5 nitrogen and oxygen atoms in total. The molecule has 0 aliphatic carbocycles. The Morgan fingerprint density at radius 2 is 1.87 bits per heavy atom. The summed E-state index contributed by atoms with van der Waals surface area (Å²) in [6, 6.07) is 13.1. The quantitative estimate of drug-likeness (QED) is 0.679. The van der Waals surface area contributed by atoms with Gasteiger partial charge in [-0.25, -0.2) is 4.79 Å². The number of hydrogen-bond donors (Lipinski definition) is 3. The summed E-state index contributed by atoms with van der Waals surface area (Å²) in [5, 5.41) is 13.6. The molecule has 0 unspecified atom stereocenters. The minimum absolute atomic E-state index is 0.205. The van der Waals surface area contributed by atoms with Crippen LogP contribution in [0.1, 0.15) is 21.5 Å². The lowest BCUT2D eigenvalue weighted by atomic mass is 9.91. The van der Waals surface area contributed by atoms with Gasteiger partial charge in [-0.3, -0.25) is 4.79 Å². The number of para-hydroxylation sites is 1. The smallest absolute Gasteiger partial charge is 0.342 e. The van der Waals surface area contributed by atoms with Gasteiger partial charge in [0.1, 0.15) is 5.56 Å². The van der Waals surface area contributed by atoms with E-state index < -0.39 is 11.5 Å². The fraction of sp³-hybridized carbons (Fsp3) is 0.111. The Balaban J connectivity index is 2.18. The number of hydrogen-bond acceptors (Lipinski definition) is 3. The van der Waals surface area contributed by atoms with Gasteiger partial charge in [-0.05, 0) is 22.8 Å². The Labute approximate surface area is 131 Å². The summed E-state index contributed by atoms with van der Waals surface area (Å²) in [6.07, 6.45) is 0. The van der Waals surface area contributed by atoms with Crippen molar-refractivity contribution in [2.24, 2.45) is 0 Å². The molecule has 1 aliphatic rings. The first-order valence-corrected chi connectivity index (χ1v) is 7.37. The minimum Gasteiger partial charge on any atom is -0.477 e. The van der Waals surface area contributed by atoms with Crippen LogP contribution >= 0.6 is 0 Å². The SMILES string of the molecule is O=C(O)c1c(-c2cccc3c2CNC3)c2ccccc2[nH]c1=O. The van der Waals surface area contributed by atoms with Gasteiger partial charge in [-0.15, -0.1) is 0 Å². The summed E-state index contributed by atoms with van der Waals surface area (Å²) in [4.78, 5) is 26.7. The van der Waals surface area contributed by atoms with E-state index in [1.807, 2.05) is 36.4 Å². The highest BCUT2D eigenvalue weighted by atomic mass is 16.4. The molecule has 1 aromatic heterocycles. The van der Waals surface area contributed by atoms with Gasteiger partial charge in [0, 0.05) is 29.6 Å². The number of carboxylic acid groups (broad SMARTS) is 1. The van der Waals surface area contributed by atoms with E-state index in [9.17, 15) is 14.7 Å². The zero-order valence-electron chi connectivity index (χ0n) is 12.2. The number of benzene rings is 2. The van der Waals surface area contributed by atoms with Crippen LogP contribution < -0.4 is 10.9 Å². The van der Waals surface area contributed by atoms with Crippen molar-refractivity contribution in [3.63, 3.8) is 0 Å². The molecule has 2 aromatic carbocycles. The maximum absolute atomic E-state index is 12.3. The second-order valence-corrected chi connectivity index (χ2v) is 5.60. The number of aromatic carboxylic acids is 1. The Morgan fingerprint density at radius 3 is 2.70 bits per heavy atom. The van der Waals surface area contributed by atoms with Crippen molar-refractivity contribution in [1.29, 1.82) is 0 Å². The third kappa shape index (κ3) is 2.05. The molecule has 0 fully saturated rings. The zero-order chi connectivity index (χ0) is 16.0. The largest absolute Gasteiger partial charge is 0.477 e. The van der Waals surface area contributed by atoms with Crippen LogP contribution in [0.25, 0.3) is 22.0 Å². The van der Waals surface area contributed by atoms with E-state index in [0.717, 1.165) is 28.6 Å². The predicted molar refractivity (Wildman–Crippen MR) is 87.5 cm³/mol. The number of carboxylic acids is 1. The molecular formula is C18H14N2O3. The molecule has 3 N–H and O–H groups in total. The van der Waals surface area contributed by atoms with Crippen molar-refractivity contribution in [2.75, 3.05) is 0 Å². The number of rotatable bonds is 2. The predicted octanol–water partition coefficient (Wildman–Crippen LogP) is 2.50. The summed E-state index contributed by atoms with van der Waals surface area (Å²) < 4.78 is 0. The standard InChI is InChI=1S/C18H14N2O3/c21-17-16(18(22)23)15(12-5-1-2-7-14(12)20-17)11-6-3-4-10-8-19-9-13(10)11/h1-7,19H,8-9H2,(H,20,21)(H,22,23). The number of pyridine rings is 1. The molecule has 114 valence electrons. The van der Waals surface area contributed by atoms with E-state index >= 15 is 0 Å². The number of aromatic nitrogens is 1. The molecule has 1 aliphatic heterocycles. The lowest BCUT2D eigenvalue weighted by Crippen LogP contribution is -2.19. The molecule has 0 amide bonds. The molecule has 0 saturated heterocycles. The highest BCUT2D eigenvalue weighted by molar-refractivity contribution is 6.06. The Kier molecular flexibility index (Phi) is 3.02. The second-order valence-electron chi connectivity index (χ2n) is 5.60. The molecule has 0 spiro atoms. The number of aromatic amines is 1. The van der Waals surface area contributed by atoms with Gasteiger partial charge in [0.25, 0.3) is 5.56 Å². The van der Waals surface area contributed by atoms with E-state index in [1.54, 1.807) is 6.07 Å². The van der Waals surface area contributed by atoms with Crippen LogP contribution in [-0.4, -0.2) is 16.1 Å². The van der Waals surface area contributed by atoms with E-state index in [-0.39, 0.29) is 5.56 Å². The summed E-state index contributed by atoms with van der Waals surface area (Å²) in [5.41, 5.74) is 3.37. The Hall–Kier alpha value is -2.92. The lowest BCUT2D eigenvalue weighted by Gasteiger charge is -2.13. The Bertz CT molecular complexity index is 1000. The molecular weight excluding hydrogens is 292 g/mol. The monoisotopic (exact) mass is 306 g/mol. The highest BCUT2D eigenvalue weighted by Crippen LogP contribution is 2.34. The van der Waals surface area contributed by atoms with Gasteiger partial charge in [-0.1, -0.05) is 36.4 Å². The third-order valence-electron chi connectivity index (χ3n) is 4.30. The van der Waals surface area contributed by atoms with Crippen LogP contribution in [0.3, 0.4) is 0 Å². The first kappa shape index (κ1) is 13.7. The van der Waals surface area contributed by atoms with Crippen molar-refractivity contribution < 1.29 is 9.90 Å². The average molecular weight is 306 g/mol. The van der Waals surface area contributed by atoms with Crippen molar-refractivity contribution in [1.82, 2.24) is 10.3 Å². The van der Waals surface area contributed by atoms with Crippen LogP contribution in [0.15, 0.2) is 47.3 Å². The fourth-order valence-corrected chi connectivity index (χ4v) is 3.29. The lowest BCUT2D eigenvalue weighted by molar-refractivity contribution is 0.0696. The van der Waals surface area contributed by atoms with Gasteiger partial charge in [0.2, 0.25) is 0 Å². The van der Waals surface area contributed by atoms with Gasteiger partial charge >= 0.3 is 5.97 Å².